The first-order valence-electron chi connectivity index (χ1n) is 4.33. The van der Waals surface area contributed by atoms with E-state index in [-0.39, 0.29) is 6.01 Å². The number of rotatable bonds is 3. The topological polar surface area (TPSA) is 61.3 Å². The number of hydrogen-bond acceptors (Lipinski definition) is 4. The van der Waals surface area contributed by atoms with Gasteiger partial charge in [0.05, 0.1) is 4.47 Å². The van der Waals surface area contributed by atoms with Gasteiger partial charge in [0.1, 0.15) is 24.3 Å². The zero-order valence-electron chi connectivity index (χ0n) is 7.81. The van der Waals surface area contributed by atoms with Crippen LogP contribution in [-0.4, -0.2) is 4.98 Å². The van der Waals surface area contributed by atoms with E-state index in [0.29, 0.717) is 12.3 Å². The third kappa shape index (κ3) is 2.50. The van der Waals surface area contributed by atoms with Crippen LogP contribution in [0.1, 0.15) is 5.69 Å². The fourth-order valence-corrected chi connectivity index (χ4v) is 1.50. The largest absolute Gasteiger partial charge is 0.486 e. The molecule has 2 aromatic rings. The molecule has 1 aromatic heterocycles. The molecule has 0 saturated heterocycles. The fraction of sp³-hybridized carbons (Fsp3) is 0.100. The van der Waals surface area contributed by atoms with Crippen LogP contribution in [0, 0.1) is 0 Å². The van der Waals surface area contributed by atoms with Crippen LogP contribution < -0.4 is 10.5 Å². The first-order chi connectivity index (χ1) is 7.25. The summed E-state index contributed by atoms with van der Waals surface area (Å²) in [5, 5.41) is 0. The SMILES string of the molecule is Nc1nc(COc2ccccc2Br)co1. The van der Waals surface area contributed by atoms with Crippen molar-refractivity contribution in [1.82, 2.24) is 4.98 Å². The fourth-order valence-electron chi connectivity index (χ4n) is 1.10. The van der Waals surface area contributed by atoms with Gasteiger partial charge >= 0.3 is 0 Å². The smallest absolute Gasteiger partial charge is 0.292 e. The number of nitrogens with two attached hydrogens (primary N) is 1. The Labute approximate surface area is 95.2 Å². The van der Waals surface area contributed by atoms with E-state index in [1.165, 1.54) is 6.26 Å². The van der Waals surface area contributed by atoms with Crippen LogP contribution in [0.15, 0.2) is 39.4 Å². The molecule has 0 spiro atoms. The molecule has 4 nitrogen and oxygen atoms in total. The molecule has 0 amide bonds. The van der Waals surface area contributed by atoms with E-state index in [1.807, 2.05) is 24.3 Å². The minimum atomic E-state index is 0.153. The molecule has 0 aliphatic rings. The second kappa shape index (κ2) is 4.35. The number of nitrogens with zero attached hydrogens (tertiary/aromatic N) is 1. The maximum Gasteiger partial charge on any atom is 0.292 e. The molecule has 2 rings (SSSR count). The van der Waals surface area contributed by atoms with Gasteiger partial charge in [0.15, 0.2) is 0 Å². The lowest BCUT2D eigenvalue weighted by Gasteiger charge is -2.05. The third-order valence-corrected chi connectivity index (χ3v) is 2.44. The van der Waals surface area contributed by atoms with E-state index in [0.717, 1.165) is 10.2 Å². The molecular weight excluding hydrogens is 260 g/mol. The zero-order chi connectivity index (χ0) is 10.7. The van der Waals surface area contributed by atoms with E-state index < -0.39 is 0 Å². The van der Waals surface area contributed by atoms with Crippen LogP contribution >= 0.6 is 15.9 Å². The molecule has 1 heterocycles. The van der Waals surface area contributed by atoms with Gasteiger partial charge in [-0.1, -0.05) is 12.1 Å². The van der Waals surface area contributed by atoms with E-state index in [9.17, 15) is 0 Å². The number of aromatic nitrogens is 1. The quantitative estimate of drug-likeness (QED) is 0.930. The molecular formula is C10H9BrN2O2. The lowest BCUT2D eigenvalue weighted by molar-refractivity contribution is 0.299. The standard InChI is InChI=1S/C10H9BrN2O2/c11-8-3-1-2-4-9(8)14-5-7-6-15-10(12)13-7/h1-4,6H,5H2,(H2,12,13). The summed E-state index contributed by atoms with van der Waals surface area (Å²) in [6, 6.07) is 7.75. The molecule has 0 radical (unpaired) electrons. The molecule has 0 atom stereocenters. The summed E-state index contributed by atoms with van der Waals surface area (Å²) >= 11 is 3.38. The Hall–Kier alpha value is -1.49. The van der Waals surface area contributed by atoms with Crippen LogP contribution in [0.2, 0.25) is 0 Å². The number of para-hydroxylation sites is 1. The number of ether oxygens (including phenoxy) is 1. The molecule has 5 heteroatoms. The Morgan fingerprint density at radius 3 is 2.87 bits per heavy atom. The van der Waals surface area contributed by atoms with Crippen LogP contribution in [0.5, 0.6) is 5.75 Å². The monoisotopic (exact) mass is 268 g/mol. The highest BCUT2D eigenvalue weighted by Crippen LogP contribution is 2.24. The van der Waals surface area contributed by atoms with Crippen molar-refractivity contribution in [3.8, 4) is 5.75 Å². The van der Waals surface area contributed by atoms with Gasteiger partial charge in [0, 0.05) is 0 Å². The summed E-state index contributed by atoms with van der Waals surface area (Å²) in [5.74, 6) is 0.763. The van der Waals surface area contributed by atoms with Gasteiger partial charge in [-0.05, 0) is 28.1 Å². The van der Waals surface area contributed by atoms with Gasteiger partial charge in [-0.15, -0.1) is 0 Å². The average Bonchev–Trinajstić information content (AvgIpc) is 2.63. The molecule has 0 aliphatic carbocycles. The number of hydrogen-bond donors (Lipinski definition) is 1. The second-order valence-corrected chi connectivity index (χ2v) is 3.75. The van der Waals surface area contributed by atoms with Gasteiger partial charge in [0.2, 0.25) is 0 Å². The first-order valence-corrected chi connectivity index (χ1v) is 5.12. The molecule has 15 heavy (non-hydrogen) atoms. The highest BCUT2D eigenvalue weighted by Gasteiger charge is 2.03. The molecule has 0 aliphatic heterocycles. The highest BCUT2D eigenvalue weighted by molar-refractivity contribution is 9.10. The number of anilines is 1. The summed E-state index contributed by atoms with van der Waals surface area (Å²) in [5.41, 5.74) is 6.00. The van der Waals surface area contributed by atoms with Crippen molar-refractivity contribution in [1.29, 1.82) is 0 Å². The predicted molar refractivity (Wildman–Crippen MR) is 59.4 cm³/mol. The van der Waals surface area contributed by atoms with Crippen molar-refractivity contribution in [3.63, 3.8) is 0 Å². The van der Waals surface area contributed by atoms with Crippen LogP contribution in [0.25, 0.3) is 0 Å². The van der Waals surface area contributed by atoms with Crippen LogP contribution in [0.3, 0.4) is 0 Å². The van der Waals surface area contributed by atoms with Gasteiger partial charge in [0.25, 0.3) is 6.01 Å². The summed E-state index contributed by atoms with van der Waals surface area (Å²) < 4.78 is 11.3. The molecule has 78 valence electrons. The van der Waals surface area contributed by atoms with Gasteiger partial charge in [-0.3, -0.25) is 0 Å². The molecule has 0 unspecified atom stereocenters. The van der Waals surface area contributed by atoms with Gasteiger partial charge in [-0.25, -0.2) is 0 Å². The number of nitrogen functional groups attached to an aromatic ring is 1. The van der Waals surface area contributed by atoms with Crippen LogP contribution in [-0.2, 0) is 6.61 Å². The van der Waals surface area contributed by atoms with Crippen molar-refractivity contribution in [2.45, 2.75) is 6.61 Å². The normalized spacial score (nSPS) is 10.2. The number of halogens is 1. The number of oxazole rings is 1. The van der Waals surface area contributed by atoms with E-state index in [2.05, 4.69) is 20.9 Å². The summed E-state index contributed by atoms with van der Waals surface area (Å²) in [4.78, 5) is 3.93. The van der Waals surface area contributed by atoms with Crippen molar-refractivity contribution < 1.29 is 9.15 Å². The Morgan fingerprint density at radius 2 is 2.20 bits per heavy atom. The van der Waals surface area contributed by atoms with Crippen LogP contribution in [0.4, 0.5) is 6.01 Å². The van der Waals surface area contributed by atoms with Crippen molar-refractivity contribution in [3.05, 3.63) is 40.7 Å². The third-order valence-electron chi connectivity index (χ3n) is 1.78. The van der Waals surface area contributed by atoms with Crippen molar-refractivity contribution >= 4 is 21.9 Å². The Morgan fingerprint density at radius 1 is 1.40 bits per heavy atom. The van der Waals surface area contributed by atoms with Gasteiger partial charge < -0.3 is 14.9 Å². The first kappa shape index (κ1) is 10.0. The molecule has 0 fully saturated rings. The second-order valence-electron chi connectivity index (χ2n) is 2.90. The molecule has 0 bridgehead atoms. The highest BCUT2D eigenvalue weighted by atomic mass is 79.9. The maximum absolute atomic E-state index is 5.51. The maximum atomic E-state index is 5.51. The van der Waals surface area contributed by atoms with Crippen molar-refractivity contribution in [2.75, 3.05) is 5.73 Å². The number of benzene rings is 1. The lowest BCUT2D eigenvalue weighted by atomic mass is 10.3. The Balaban J connectivity index is 2.02. The molecule has 2 N–H and O–H groups in total. The minimum absolute atomic E-state index is 0.153. The predicted octanol–water partition coefficient (Wildman–Crippen LogP) is 2.60. The minimum Gasteiger partial charge on any atom is -0.486 e. The van der Waals surface area contributed by atoms with E-state index in [4.69, 9.17) is 14.9 Å². The average molecular weight is 269 g/mol. The van der Waals surface area contributed by atoms with E-state index in [1.54, 1.807) is 0 Å². The summed E-state index contributed by atoms with van der Waals surface area (Å²) in [7, 11) is 0. The van der Waals surface area contributed by atoms with E-state index >= 15 is 0 Å². The Bertz CT molecular complexity index is 456. The Kier molecular flexibility index (Phi) is 2.91. The lowest BCUT2D eigenvalue weighted by Crippen LogP contribution is -1.96. The van der Waals surface area contributed by atoms with Gasteiger partial charge in [-0.2, -0.15) is 4.98 Å². The molecule has 0 saturated carbocycles. The summed E-state index contributed by atoms with van der Waals surface area (Å²) in [6.07, 6.45) is 1.48. The molecule has 1 aromatic carbocycles. The summed E-state index contributed by atoms with van der Waals surface area (Å²) in [6.45, 7) is 0.337. The zero-order valence-corrected chi connectivity index (χ0v) is 9.40. The van der Waals surface area contributed by atoms with Crippen molar-refractivity contribution in [2.24, 2.45) is 0 Å².